The van der Waals surface area contributed by atoms with Crippen molar-refractivity contribution >= 4 is 35.6 Å². The van der Waals surface area contributed by atoms with Crippen LogP contribution in [0.15, 0.2) is 29.3 Å². The Morgan fingerprint density at radius 2 is 1.89 bits per heavy atom. The molecule has 2 aliphatic rings. The first-order chi connectivity index (χ1) is 12.7. The second-order valence-corrected chi connectivity index (χ2v) is 7.06. The summed E-state index contributed by atoms with van der Waals surface area (Å²) in [4.78, 5) is 12.0. The number of hydrogen-bond donors (Lipinski definition) is 2. The third-order valence-electron chi connectivity index (χ3n) is 5.25. The van der Waals surface area contributed by atoms with Gasteiger partial charge in [0, 0.05) is 45.3 Å². The van der Waals surface area contributed by atoms with Crippen molar-refractivity contribution in [3.8, 4) is 5.75 Å². The molecule has 152 valence electrons. The van der Waals surface area contributed by atoms with E-state index in [0.29, 0.717) is 5.75 Å². The highest BCUT2D eigenvalue weighted by Crippen LogP contribution is 2.27. The Morgan fingerprint density at radius 3 is 2.48 bits per heavy atom. The summed E-state index contributed by atoms with van der Waals surface area (Å²) in [7, 11) is 0. The molecular formula is C20H34IN5O. The van der Waals surface area contributed by atoms with Crippen LogP contribution in [0.5, 0.6) is 5.75 Å². The maximum absolute atomic E-state index is 10.1. The van der Waals surface area contributed by atoms with Gasteiger partial charge in [-0.25, -0.2) is 0 Å². The van der Waals surface area contributed by atoms with E-state index in [4.69, 9.17) is 4.99 Å². The van der Waals surface area contributed by atoms with Crippen LogP contribution in [-0.2, 0) is 0 Å². The molecule has 0 radical (unpaired) electrons. The number of likely N-dealkylation sites (N-methyl/N-ethyl adjacent to an activating group) is 1. The molecule has 0 spiro atoms. The van der Waals surface area contributed by atoms with E-state index in [-0.39, 0.29) is 24.0 Å². The van der Waals surface area contributed by atoms with E-state index in [2.05, 4.69) is 33.9 Å². The molecule has 27 heavy (non-hydrogen) atoms. The second kappa shape index (κ2) is 10.9. The number of guanidine groups is 1. The zero-order valence-corrected chi connectivity index (χ0v) is 18.9. The summed E-state index contributed by atoms with van der Waals surface area (Å²) in [5, 5.41) is 13.5. The largest absolute Gasteiger partial charge is 0.506 e. The lowest BCUT2D eigenvalue weighted by atomic mass is 10.2. The fourth-order valence-corrected chi connectivity index (χ4v) is 3.64. The van der Waals surface area contributed by atoms with Crippen LogP contribution in [-0.4, -0.2) is 79.3 Å². The smallest absolute Gasteiger partial charge is 0.194 e. The van der Waals surface area contributed by atoms with Crippen molar-refractivity contribution < 1.29 is 5.11 Å². The Bertz CT molecular complexity index is 600. The number of aromatic hydroxyl groups is 1. The number of aliphatic imine (C=N–C) groups is 1. The van der Waals surface area contributed by atoms with Crippen LogP contribution in [0.25, 0.3) is 0 Å². The lowest BCUT2D eigenvalue weighted by Gasteiger charge is -2.38. The summed E-state index contributed by atoms with van der Waals surface area (Å²) in [5.74, 6) is 1.39. The normalized spacial score (nSPS) is 17.8. The highest BCUT2D eigenvalue weighted by molar-refractivity contribution is 14.0. The molecule has 0 aromatic heterocycles. The molecule has 0 unspecified atom stereocenters. The van der Waals surface area contributed by atoms with E-state index in [9.17, 15) is 5.11 Å². The van der Waals surface area contributed by atoms with Crippen LogP contribution in [0.2, 0.25) is 0 Å². The highest BCUT2D eigenvalue weighted by Gasteiger charge is 2.27. The molecule has 0 amide bonds. The minimum atomic E-state index is 0. The molecule has 2 N–H and O–H groups in total. The summed E-state index contributed by atoms with van der Waals surface area (Å²) in [6, 6.07) is 8.40. The second-order valence-electron chi connectivity index (χ2n) is 7.06. The van der Waals surface area contributed by atoms with E-state index < -0.39 is 0 Å². The fraction of sp³-hybridized carbons (Fsp3) is 0.650. The lowest BCUT2D eigenvalue weighted by molar-refractivity contribution is 0.285. The molecule has 1 aromatic rings. The number of nitrogens with one attached hydrogen (secondary N) is 1. The Labute approximate surface area is 180 Å². The minimum Gasteiger partial charge on any atom is -0.506 e. The molecule has 1 saturated carbocycles. The SMILES string of the molecule is CCNC(=NCCN(CC)C1CC1)N1CCN(c2ccccc2O)CC1.I. The third kappa shape index (κ3) is 6.14. The van der Waals surface area contributed by atoms with Gasteiger partial charge in [-0.1, -0.05) is 19.1 Å². The average Bonchev–Trinajstić information content (AvgIpc) is 3.50. The van der Waals surface area contributed by atoms with Crippen molar-refractivity contribution in [3.63, 3.8) is 0 Å². The van der Waals surface area contributed by atoms with Gasteiger partial charge in [0.05, 0.1) is 12.2 Å². The van der Waals surface area contributed by atoms with Crippen molar-refractivity contribution in [2.75, 3.05) is 57.3 Å². The standard InChI is InChI=1S/C20H33N5O.HI/c1-3-21-20(22-11-12-23(4-2)17-9-10-17)25-15-13-24(14-16-25)18-7-5-6-8-19(18)26;/h5-8,17,26H,3-4,9-16H2,1-2H3,(H,21,22);1H. The van der Waals surface area contributed by atoms with E-state index in [1.807, 2.05) is 18.2 Å². The molecule has 1 aromatic carbocycles. The summed E-state index contributed by atoms with van der Waals surface area (Å²) >= 11 is 0. The van der Waals surface area contributed by atoms with Crippen molar-refractivity contribution in [1.29, 1.82) is 0 Å². The molecule has 3 rings (SSSR count). The van der Waals surface area contributed by atoms with Gasteiger partial charge in [-0.15, -0.1) is 24.0 Å². The number of para-hydroxylation sites is 2. The van der Waals surface area contributed by atoms with Crippen LogP contribution in [0.1, 0.15) is 26.7 Å². The van der Waals surface area contributed by atoms with E-state index in [0.717, 1.165) is 70.0 Å². The predicted octanol–water partition coefficient (Wildman–Crippen LogP) is 2.58. The van der Waals surface area contributed by atoms with Gasteiger partial charge < -0.3 is 20.2 Å². The van der Waals surface area contributed by atoms with Gasteiger partial charge in [-0.2, -0.15) is 0 Å². The number of benzene rings is 1. The number of piperazine rings is 1. The minimum absolute atomic E-state index is 0. The monoisotopic (exact) mass is 487 g/mol. The summed E-state index contributed by atoms with van der Waals surface area (Å²) in [5.41, 5.74) is 0.928. The van der Waals surface area contributed by atoms with Gasteiger partial charge in [0.1, 0.15) is 5.75 Å². The average molecular weight is 487 g/mol. The van der Waals surface area contributed by atoms with Gasteiger partial charge in [0.15, 0.2) is 5.96 Å². The van der Waals surface area contributed by atoms with Crippen LogP contribution < -0.4 is 10.2 Å². The number of nitrogens with zero attached hydrogens (tertiary/aromatic N) is 4. The number of hydrogen-bond acceptors (Lipinski definition) is 4. The third-order valence-corrected chi connectivity index (χ3v) is 5.25. The molecule has 7 heteroatoms. The zero-order chi connectivity index (χ0) is 18.4. The quantitative estimate of drug-likeness (QED) is 0.352. The molecular weight excluding hydrogens is 453 g/mol. The summed E-state index contributed by atoms with van der Waals surface area (Å²) in [6.07, 6.45) is 2.71. The van der Waals surface area contributed by atoms with E-state index >= 15 is 0 Å². The molecule has 6 nitrogen and oxygen atoms in total. The molecule has 1 aliphatic heterocycles. The van der Waals surface area contributed by atoms with Crippen molar-refractivity contribution in [1.82, 2.24) is 15.1 Å². The van der Waals surface area contributed by atoms with Gasteiger partial charge in [-0.05, 0) is 38.4 Å². The van der Waals surface area contributed by atoms with Gasteiger partial charge in [0.2, 0.25) is 0 Å². The lowest BCUT2D eigenvalue weighted by Crippen LogP contribution is -2.52. The highest BCUT2D eigenvalue weighted by atomic mass is 127. The molecule has 2 fully saturated rings. The van der Waals surface area contributed by atoms with Gasteiger partial charge >= 0.3 is 0 Å². The number of phenolic OH excluding ortho intramolecular Hbond substituents is 1. The Morgan fingerprint density at radius 1 is 1.19 bits per heavy atom. The zero-order valence-electron chi connectivity index (χ0n) is 16.6. The molecule has 0 atom stereocenters. The van der Waals surface area contributed by atoms with E-state index in [1.54, 1.807) is 6.07 Å². The van der Waals surface area contributed by atoms with Crippen molar-refractivity contribution in [2.45, 2.75) is 32.7 Å². The maximum atomic E-state index is 10.1. The Hall–Kier alpha value is -1.22. The first kappa shape index (κ1) is 22.1. The van der Waals surface area contributed by atoms with Gasteiger partial charge in [0.25, 0.3) is 0 Å². The van der Waals surface area contributed by atoms with Crippen LogP contribution >= 0.6 is 24.0 Å². The first-order valence-corrected chi connectivity index (χ1v) is 10.0. The number of phenols is 1. The topological polar surface area (TPSA) is 54.3 Å². The predicted molar refractivity (Wildman–Crippen MR) is 124 cm³/mol. The van der Waals surface area contributed by atoms with Crippen molar-refractivity contribution in [3.05, 3.63) is 24.3 Å². The Kier molecular flexibility index (Phi) is 8.95. The van der Waals surface area contributed by atoms with Crippen molar-refractivity contribution in [2.24, 2.45) is 4.99 Å². The van der Waals surface area contributed by atoms with Crippen LogP contribution in [0.4, 0.5) is 5.69 Å². The summed E-state index contributed by atoms with van der Waals surface area (Å²) < 4.78 is 0. The Balaban J connectivity index is 0.00000261. The summed E-state index contributed by atoms with van der Waals surface area (Å²) in [6.45, 7) is 11.9. The molecule has 1 heterocycles. The number of rotatable bonds is 7. The molecule has 1 saturated heterocycles. The van der Waals surface area contributed by atoms with Crippen LogP contribution in [0.3, 0.4) is 0 Å². The first-order valence-electron chi connectivity index (χ1n) is 10.0. The fourth-order valence-electron chi connectivity index (χ4n) is 3.64. The van der Waals surface area contributed by atoms with Crippen LogP contribution in [0, 0.1) is 0 Å². The number of halogens is 1. The molecule has 1 aliphatic carbocycles. The number of anilines is 1. The molecule has 0 bridgehead atoms. The van der Waals surface area contributed by atoms with Gasteiger partial charge in [-0.3, -0.25) is 9.89 Å². The maximum Gasteiger partial charge on any atom is 0.194 e. The van der Waals surface area contributed by atoms with E-state index in [1.165, 1.54) is 12.8 Å².